The van der Waals surface area contributed by atoms with E-state index in [0.29, 0.717) is 6.42 Å². The number of ketones is 1. The van der Waals surface area contributed by atoms with E-state index in [9.17, 15) is 4.79 Å². The SMILES string of the molecule is CCCCCCCC=CCCC(C)=O. The van der Waals surface area contributed by atoms with Crippen LogP contribution < -0.4 is 0 Å². The zero-order valence-electron chi connectivity index (χ0n) is 9.72. The smallest absolute Gasteiger partial charge is 0.130 e. The highest BCUT2D eigenvalue weighted by Crippen LogP contribution is 2.05. The van der Waals surface area contributed by atoms with Crippen molar-refractivity contribution >= 4 is 5.78 Å². The molecule has 0 atom stereocenters. The number of carbonyl (C=O) groups is 1. The highest BCUT2D eigenvalue weighted by Gasteiger charge is 1.89. The van der Waals surface area contributed by atoms with Gasteiger partial charge < -0.3 is 4.79 Å². The van der Waals surface area contributed by atoms with Crippen LogP contribution >= 0.6 is 0 Å². The number of rotatable bonds is 9. The van der Waals surface area contributed by atoms with Crippen LogP contribution in [0.15, 0.2) is 12.2 Å². The summed E-state index contributed by atoms with van der Waals surface area (Å²) in [6.07, 6.45) is 13.9. The molecule has 0 aliphatic rings. The van der Waals surface area contributed by atoms with E-state index in [2.05, 4.69) is 19.1 Å². The predicted octanol–water partition coefficient (Wildman–Crippen LogP) is 4.27. The summed E-state index contributed by atoms with van der Waals surface area (Å²) < 4.78 is 0. The van der Waals surface area contributed by atoms with Crippen LogP contribution in [-0.4, -0.2) is 5.78 Å². The van der Waals surface area contributed by atoms with Gasteiger partial charge in [-0.1, -0.05) is 44.8 Å². The summed E-state index contributed by atoms with van der Waals surface area (Å²) in [4.78, 5) is 10.6. The first-order valence-electron chi connectivity index (χ1n) is 5.91. The van der Waals surface area contributed by atoms with Crippen LogP contribution in [0.1, 0.15) is 65.2 Å². The topological polar surface area (TPSA) is 17.1 Å². The lowest BCUT2D eigenvalue weighted by atomic mass is 10.1. The first-order chi connectivity index (χ1) is 6.77. The lowest BCUT2D eigenvalue weighted by Crippen LogP contribution is -1.86. The van der Waals surface area contributed by atoms with Gasteiger partial charge in [0, 0.05) is 6.42 Å². The molecule has 0 radical (unpaired) electrons. The maximum absolute atomic E-state index is 10.6. The Morgan fingerprint density at radius 1 is 1.00 bits per heavy atom. The van der Waals surface area contributed by atoms with Crippen molar-refractivity contribution in [1.82, 2.24) is 0 Å². The summed E-state index contributed by atoms with van der Waals surface area (Å²) in [5.74, 6) is 0.289. The van der Waals surface area contributed by atoms with E-state index in [1.54, 1.807) is 6.92 Å². The van der Waals surface area contributed by atoms with Crippen LogP contribution in [0.4, 0.5) is 0 Å². The third kappa shape index (κ3) is 11.4. The molecular formula is C13H24O. The van der Waals surface area contributed by atoms with Gasteiger partial charge in [0.05, 0.1) is 0 Å². The van der Waals surface area contributed by atoms with Crippen molar-refractivity contribution in [3.8, 4) is 0 Å². The monoisotopic (exact) mass is 196 g/mol. The van der Waals surface area contributed by atoms with Gasteiger partial charge in [-0.3, -0.25) is 0 Å². The third-order valence-corrected chi connectivity index (χ3v) is 2.30. The molecule has 0 rings (SSSR count). The zero-order chi connectivity index (χ0) is 10.6. The zero-order valence-corrected chi connectivity index (χ0v) is 9.72. The summed E-state index contributed by atoms with van der Waals surface area (Å²) in [5.41, 5.74) is 0. The molecule has 0 unspecified atom stereocenters. The predicted molar refractivity (Wildman–Crippen MR) is 62.4 cm³/mol. The van der Waals surface area contributed by atoms with E-state index < -0.39 is 0 Å². The largest absolute Gasteiger partial charge is 0.300 e. The molecule has 0 spiro atoms. The number of carbonyl (C=O) groups excluding carboxylic acids is 1. The Hall–Kier alpha value is -0.590. The Bertz CT molecular complexity index is 159. The van der Waals surface area contributed by atoms with E-state index in [-0.39, 0.29) is 5.78 Å². The minimum Gasteiger partial charge on any atom is -0.300 e. The second kappa shape index (κ2) is 10.5. The lowest BCUT2D eigenvalue weighted by molar-refractivity contribution is -0.116. The van der Waals surface area contributed by atoms with Crippen molar-refractivity contribution in [2.24, 2.45) is 0 Å². The molecule has 0 heterocycles. The van der Waals surface area contributed by atoms with Gasteiger partial charge in [-0.25, -0.2) is 0 Å². The fraction of sp³-hybridized carbons (Fsp3) is 0.769. The fourth-order valence-electron chi connectivity index (χ4n) is 1.39. The number of unbranched alkanes of at least 4 members (excludes halogenated alkanes) is 5. The van der Waals surface area contributed by atoms with E-state index in [1.807, 2.05) is 0 Å². The molecule has 0 aliphatic heterocycles. The Morgan fingerprint density at radius 3 is 2.29 bits per heavy atom. The average molecular weight is 196 g/mol. The Kier molecular flexibility index (Phi) is 10.0. The molecule has 0 saturated carbocycles. The first kappa shape index (κ1) is 13.4. The fourth-order valence-corrected chi connectivity index (χ4v) is 1.39. The van der Waals surface area contributed by atoms with Gasteiger partial charge in [0.1, 0.15) is 5.78 Å². The molecular weight excluding hydrogens is 172 g/mol. The number of Topliss-reactive ketones (excluding diaryl/α,β-unsaturated/α-hetero) is 1. The van der Waals surface area contributed by atoms with Crippen molar-refractivity contribution in [3.63, 3.8) is 0 Å². The Morgan fingerprint density at radius 2 is 1.64 bits per heavy atom. The number of allylic oxidation sites excluding steroid dienone is 2. The summed E-state index contributed by atoms with van der Waals surface area (Å²) in [5, 5.41) is 0. The van der Waals surface area contributed by atoms with E-state index in [4.69, 9.17) is 0 Å². The van der Waals surface area contributed by atoms with Gasteiger partial charge in [0.25, 0.3) is 0 Å². The van der Waals surface area contributed by atoms with Crippen LogP contribution in [-0.2, 0) is 4.79 Å². The highest BCUT2D eigenvalue weighted by molar-refractivity contribution is 5.75. The summed E-state index contributed by atoms with van der Waals surface area (Å²) in [6, 6.07) is 0. The molecule has 0 saturated heterocycles. The minimum absolute atomic E-state index is 0.289. The molecule has 0 N–H and O–H groups in total. The molecule has 0 aromatic heterocycles. The van der Waals surface area contributed by atoms with Gasteiger partial charge in [0.2, 0.25) is 0 Å². The first-order valence-corrected chi connectivity index (χ1v) is 5.91. The molecule has 0 bridgehead atoms. The van der Waals surface area contributed by atoms with Crippen molar-refractivity contribution in [3.05, 3.63) is 12.2 Å². The van der Waals surface area contributed by atoms with Crippen LogP contribution in [0.2, 0.25) is 0 Å². The second-order valence-corrected chi connectivity index (χ2v) is 3.91. The molecule has 0 amide bonds. The average Bonchev–Trinajstić information content (AvgIpc) is 2.15. The molecule has 14 heavy (non-hydrogen) atoms. The molecule has 1 heteroatoms. The quantitative estimate of drug-likeness (QED) is 0.397. The number of hydrogen-bond donors (Lipinski definition) is 0. The van der Waals surface area contributed by atoms with E-state index in [0.717, 1.165) is 6.42 Å². The normalized spacial score (nSPS) is 11.0. The van der Waals surface area contributed by atoms with Crippen LogP contribution in [0, 0.1) is 0 Å². The van der Waals surface area contributed by atoms with Crippen molar-refractivity contribution in [2.75, 3.05) is 0 Å². The van der Waals surface area contributed by atoms with Crippen molar-refractivity contribution < 1.29 is 4.79 Å². The maximum Gasteiger partial charge on any atom is 0.130 e. The Labute approximate surface area is 88.6 Å². The summed E-state index contributed by atoms with van der Waals surface area (Å²) in [6.45, 7) is 3.89. The molecule has 0 aromatic rings. The second-order valence-electron chi connectivity index (χ2n) is 3.91. The van der Waals surface area contributed by atoms with Gasteiger partial charge in [0.15, 0.2) is 0 Å². The summed E-state index contributed by atoms with van der Waals surface area (Å²) in [7, 11) is 0. The number of hydrogen-bond acceptors (Lipinski definition) is 1. The van der Waals surface area contributed by atoms with Gasteiger partial charge in [-0.15, -0.1) is 0 Å². The van der Waals surface area contributed by atoms with Crippen molar-refractivity contribution in [1.29, 1.82) is 0 Å². The van der Waals surface area contributed by atoms with Gasteiger partial charge in [-0.05, 0) is 26.2 Å². The molecule has 0 aliphatic carbocycles. The standard InChI is InChI=1S/C13H24O/c1-3-4-5-6-7-8-9-10-11-12-13(2)14/h9-10H,3-8,11-12H2,1-2H3. The van der Waals surface area contributed by atoms with Gasteiger partial charge >= 0.3 is 0 Å². The lowest BCUT2D eigenvalue weighted by Gasteiger charge is -1.95. The van der Waals surface area contributed by atoms with Crippen LogP contribution in [0.3, 0.4) is 0 Å². The third-order valence-electron chi connectivity index (χ3n) is 2.30. The minimum atomic E-state index is 0.289. The van der Waals surface area contributed by atoms with E-state index >= 15 is 0 Å². The Balaban J connectivity index is 3.07. The molecule has 0 aromatic carbocycles. The molecule has 82 valence electrons. The maximum atomic E-state index is 10.6. The van der Waals surface area contributed by atoms with Crippen LogP contribution in [0.5, 0.6) is 0 Å². The summed E-state index contributed by atoms with van der Waals surface area (Å²) >= 11 is 0. The molecule has 0 fully saturated rings. The van der Waals surface area contributed by atoms with Crippen molar-refractivity contribution in [2.45, 2.75) is 65.2 Å². The highest BCUT2D eigenvalue weighted by atomic mass is 16.1. The van der Waals surface area contributed by atoms with E-state index in [1.165, 1.54) is 38.5 Å². The van der Waals surface area contributed by atoms with Crippen LogP contribution in [0.25, 0.3) is 0 Å². The van der Waals surface area contributed by atoms with Gasteiger partial charge in [-0.2, -0.15) is 0 Å². The molecule has 1 nitrogen and oxygen atoms in total.